The van der Waals surface area contributed by atoms with Crippen molar-refractivity contribution in [3.63, 3.8) is 0 Å². The molecule has 8 atom stereocenters. The van der Waals surface area contributed by atoms with Gasteiger partial charge in [0, 0.05) is 17.5 Å². The highest BCUT2D eigenvalue weighted by Crippen LogP contribution is 2.70. The second-order valence-electron chi connectivity index (χ2n) is 11.1. The summed E-state index contributed by atoms with van der Waals surface area (Å²) in [5.41, 5.74) is 0.463. The summed E-state index contributed by atoms with van der Waals surface area (Å²) >= 11 is 0. The molecule has 2 N–H and O–H groups in total. The van der Waals surface area contributed by atoms with Crippen molar-refractivity contribution in [1.82, 2.24) is 5.32 Å². The molecule has 4 fully saturated rings. The van der Waals surface area contributed by atoms with Crippen LogP contribution in [0.25, 0.3) is 0 Å². The van der Waals surface area contributed by atoms with Gasteiger partial charge in [0.1, 0.15) is 0 Å². The number of hydrogen-bond acceptors (Lipinski definition) is 4. The van der Waals surface area contributed by atoms with E-state index in [2.05, 4.69) is 26.2 Å². The molecule has 0 amide bonds. The Bertz CT molecular complexity index is 815. The minimum absolute atomic E-state index is 0.126. The van der Waals surface area contributed by atoms with E-state index < -0.39 is 5.60 Å². The van der Waals surface area contributed by atoms with Crippen molar-refractivity contribution in [1.29, 1.82) is 0 Å². The fourth-order valence-electron chi connectivity index (χ4n) is 8.59. The summed E-state index contributed by atoms with van der Waals surface area (Å²) in [7, 11) is 2.11. The van der Waals surface area contributed by atoms with Crippen molar-refractivity contribution in [2.75, 3.05) is 7.05 Å². The summed E-state index contributed by atoms with van der Waals surface area (Å²) in [6.07, 6.45) is 12.1. The normalized spacial score (nSPS) is 49.2. The van der Waals surface area contributed by atoms with Crippen LogP contribution in [0.3, 0.4) is 0 Å². The second kappa shape index (κ2) is 6.68. The van der Waals surface area contributed by atoms with Crippen molar-refractivity contribution < 1.29 is 9.52 Å². The van der Waals surface area contributed by atoms with Gasteiger partial charge in [0.15, 0.2) is 0 Å². The van der Waals surface area contributed by atoms with Crippen LogP contribution in [0.1, 0.15) is 83.1 Å². The average Bonchev–Trinajstić information content (AvgIpc) is 2.99. The summed E-state index contributed by atoms with van der Waals surface area (Å²) in [6.45, 7) is 4.86. The SMILES string of the molecule is CNC1CCC2(C)C(CCC3C2CCC2(C)C(c4ccc(=O)oc4)CCC32O)C1. The highest BCUT2D eigenvalue weighted by molar-refractivity contribution is 5.27. The van der Waals surface area contributed by atoms with Gasteiger partial charge >= 0.3 is 5.63 Å². The Labute approximate surface area is 174 Å². The summed E-state index contributed by atoms with van der Waals surface area (Å²) < 4.78 is 5.20. The monoisotopic (exact) mass is 399 g/mol. The number of hydrogen-bond donors (Lipinski definition) is 2. The predicted octanol–water partition coefficient (Wildman–Crippen LogP) is 4.47. The van der Waals surface area contributed by atoms with Crippen LogP contribution in [0.5, 0.6) is 0 Å². The summed E-state index contributed by atoms with van der Waals surface area (Å²) in [4.78, 5) is 11.4. The molecule has 8 unspecified atom stereocenters. The molecule has 4 heteroatoms. The number of rotatable bonds is 2. The van der Waals surface area contributed by atoms with Gasteiger partial charge in [0.05, 0.1) is 11.9 Å². The van der Waals surface area contributed by atoms with Gasteiger partial charge in [-0.3, -0.25) is 0 Å². The van der Waals surface area contributed by atoms with E-state index in [1.807, 2.05) is 6.07 Å². The first kappa shape index (κ1) is 19.8. The van der Waals surface area contributed by atoms with E-state index in [9.17, 15) is 9.90 Å². The molecular weight excluding hydrogens is 362 g/mol. The highest BCUT2D eigenvalue weighted by Gasteiger charge is 2.67. The molecule has 0 saturated heterocycles. The van der Waals surface area contributed by atoms with Crippen LogP contribution in [0.15, 0.2) is 27.6 Å². The molecular formula is C25H37NO3. The molecule has 0 aliphatic heterocycles. The lowest BCUT2D eigenvalue weighted by molar-refractivity contribution is -0.202. The van der Waals surface area contributed by atoms with E-state index in [1.165, 1.54) is 44.6 Å². The van der Waals surface area contributed by atoms with E-state index in [-0.39, 0.29) is 17.0 Å². The Balaban J connectivity index is 1.46. The first-order valence-electron chi connectivity index (χ1n) is 11.8. The molecule has 160 valence electrons. The van der Waals surface area contributed by atoms with Crippen molar-refractivity contribution in [3.05, 3.63) is 34.4 Å². The Morgan fingerprint density at radius 2 is 1.86 bits per heavy atom. The van der Waals surface area contributed by atoms with Crippen molar-refractivity contribution >= 4 is 0 Å². The zero-order valence-electron chi connectivity index (χ0n) is 18.2. The minimum Gasteiger partial charge on any atom is -0.431 e. The van der Waals surface area contributed by atoms with Gasteiger partial charge < -0.3 is 14.8 Å². The smallest absolute Gasteiger partial charge is 0.335 e. The van der Waals surface area contributed by atoms with Gasteiger partial charge in [-0.1, -0.05) is 13.8 Å². The molecule has 4 aliphatic carbocycles. The maximum atomic E-state index is 12.2. The molecule has 0 aromatic carbocycles. The Morgan fingerprint density at radius 1 is 1.03 bits per heavy atom. The summed E-state index contributed by atoms with van der Waals surface area (Å²) in [6, 6.07) is 4.13. The molecule has 29 heavy (non-hydrogen) atoms. The van der Waals surface area contributed by atoms with Gasteiger partial charge in [0.25, 0.3) is 0 Å². The fraction of sp³-hybridized carbons (Fsp3) is 0.800. The lowest BCUT2D eigenvalue weighted by Crippen LogP contribution is -2.62. The number of aliphatic hydroxyl groups is 1. The first-order chi connectivity index (χ1) is 13.8. The van der Waals surface area contributed by atoms with Crippen LogP contribution in [0.2, 0.25) is 0 Å². The minimum atomic E-state index is -0.593. The van der Waals surface area contributed by atoms with E-state index >= 15 is 0 Å². The molecule has 0 bridgehead atoms. The van der Waals surface area contributed by atoms with Crippen LogP contribution in [0, 0.1) is 28.6 Å². The van der Waals surface area contributed by atoms with Gasteiger partial charge in [-0.15, -0.1) is 0 Å². The molecule has 0 spiro atoms. The second-order valence-corrected chi connectivity index (χ2v) is 11.1. The van der Waals surface area contributed by atoms with Crippen molar-refractivity contribution in [3.8, 4) is 0 Å². The van der Waals surface area contributed by atoms with E-state index in [0.717, 1.165) is 30.7 Å². The van der Waals surface area contributed by atoms with Crippen molar-refractivity contribution in [2.45, 2.75) is 89.2 Å². The van der Waals surface area contributed by atoms with E-state index in [0.29, 0.717) is 23.3 Å². The Hall–Kier alpha value is -1.13. The zero-order chi connectivity index (χ0) is 20.4. The van der Waals surface area contributed by atoms with E-state index in [1.54, 1.807) is 6.26 Å². The van der Waals surface area contributed by atoms with Crippen LogP contribution in [-0.4, -0.2) is 23.8 Å². The van der Waals surface area contributed by atoms with E-state index in [4.69, 9.17) is 4.42 Å². The third kappa shape index (κ3) is 2.67. The van der Waals surface area contributed by atoms with Crippen LogP contribution in [0.4, 0.5) is 0 Å². The molecule has 1 aromatic rings. The maximum Gasteiger partial charge on any atom is 0.335 e. The largest absolute Gasteiger partial charge is 0.431 e. The molecule has 1 heterocycles. The Kier molecular flexibility index (Phi) is 4.57. The maximum absolute atomic E-state index is 12.2. The molecule has 1 aromatic heterocycles. The summed E-state index contributed by atoms with van der Waals surface area (Å²) in [5, 5.41) is 15.8. The van der Waals surface area contributed by atoms with Crippen LogP contribution in [-0.2, 0) is 0 Å². The first-order valence-corrected chi connectivity index (χ1v) is 11.8. The molecule has 4 nitrogen and oxygen atoms in total. The fourth-order valence-corrected chi connectivity index (χ4v) is 8.59. The summed E-state index contributed by atoms with van der Waals surface area (Å²) in [5.74, 6) is 2.13. The third-order valence-electron chi connectivity index (χ3n) is 10.4. The average molecular weight is 400 g/mol. The van der Waals surface area contributed by atoms with Gasteiger partial charge in [-0.25, -0.2) is 4.79 Å². The third-order valence-corrected chi connectivity index (χ3v) is 10.4. The molecule has 4 saturated carbocycles. The standard InChI is InChI=1S/C25H37NO3/c1-23-11-8-18(26-3)14-17(23)5-6-21-20(23)9-12-24(2)19(10-13-25(21,24)28)16-4-7-22(27)29-15-16/h4,7,15,17-21,26,28H,5-6,8-14H2,1-3H3. The Morgan fingerprint density at radius 3 is 2.59 bits per heavy atom. The van der Waals surface area contributed by atoms with Gasteiger partial charge in [0.2, 0.25) is 0 Å². The lowest BCUT2D eigenvalue weighted by Gasteiger charge is -2.63. The quantitative estimate of drug-likeness (QED) is 0.770. The molecule has 4 aliphatic rings. The lowest BCUT2D eigenvalue weighted by atomic mass is 9.43. The number of nitrogens with one attached hydrogen (secondary N) is 1. The van der Waals surface area contributed by atoms with Crippen molar-refractivity contribution in [2.24, 2.45) is 28.6 Å². The van der Waals surface area contributed by atoms with Gasteiger partial charge in [-0.05, 0) is 106 Å². The zero-order valence-corrected chi connectivity index (χ0v) is 18.2. The number of fused-ring (bicyclic) bond motifs is 5. The van der Waals surface area contributed by atoms with Gasteiger partial charge in [-0.2, -0.15) is 0 Å². The molecule has 5 rings (SSSR count). The highest BCUT2D eigenvalue weighted by atomic mass is 16.4. The topological polar surface area (TPSA) is 62.5 Å². The molecule has 0 radical (unpaired) electrons. The predicted molar refractivity (Wildman–Crippen MR) is 114 cm³/mol. The van der Waals surface area contributed by atoms with Crippen LogP contribution >= 0.6 is 0 Å². The van der Waals surface area contributed by atoms with Crippen LogP contribution < -0.4 is 10.9 Å².